The van der Waals surface area contributed by atoms with Crippen LogP contribution in [0.4, 0.5) is 4.79 Å². The molecule has 0 aromatic heterocycles. The summed E-state index contributed by atoms with van der Waals surface area (Å²) in [5.41, 5.74) is 1.77. The van der Waals surface area contributed by atoms with Crippen molar-refractivity contribution >= 4 is 30.6 Å². The summed E-state index contributed by atoms with van der Waals surface area (Å²) in [6.07, 6.45) is 3.12. The first-order chi connectivity index (χ1) is 14.1. The number of amides is 2. The smallest absolute Gasteiger partial charge is 0.407 e. The predicted octanol–water partition coefficient (Wildman–Crippen LogP) is 3.44. The monoisotopic (exact) mass is 440 g/mol. The van der Waals surface area contributed by atoms with Gasteiger partial charge >= 0.3 is 12.1 Å². The van der Waals surface area contributed by atoms with Crippen molar-refractivity contribution in [3.8, 4) is 0 Å². The van der Waals surface area contributed by atoms with Crippen molar-refractivity contribution in [3.63, 3.8) is 0 Å². The molecule has 0 saturated heterocycles. The minimum Gasteiger partial charge on any atom is -0.467 e. The molecule has 0 aliphatic rings. The molecule has 1 atom stereocenters. The second-order valence-electron chi connectivity index (χ2n) is 7.70. The lowest BCUT2D eigenvalue weighted by Crippen LogP contribution is -2.44. The average molecular weight is 441 g/mol. The molecule has 30 heavy (non-hydrogen) atoms. The second-order valence-corrected chi connectivity index (χ2v) is 7.70. The molecule has 0 saturated carbocycles. The lowest BCUT2D eigenvalue weighted by Gasteiger charge is -2.20. The lowest BCUT2D eigenvalue weighted by molar-refractivity contribution is -0.145. The average Bonchev–Trinajstić information content (AvgIpc) is 2.68. The Morgan fingerprint density at radius 2 is 1.70 bits per heavy atom. The number of hydrogen-bond donors (Lipinski definition) is 3. The highest BCUT2D eigenvalue weighted by molar-refractivity contribution is 7.79. The Hall–Kier alpha value is -2.22. The summed E-state index contributed by atoms with van der Waals surface area (Å²) in [6.45, 7) is 7.50. The summed E-state index contributed by atoms with van der Waals surface area (Å²) in [6, 6.07) is 7.37. The van der Waals surface area contributed by atoms with E-state index < -0.39 is 23.7 Å². The van der Waals surface area contributed by atoms with Crippen molar-refractivity contribution in [2.75, 3.05) is 19.9 Å². The topological polar surface area (TPSA) is 93.7 Å². The minimum absolute atomic E-state index is 0.179. The minimum atomic E-state index is -0.813. The summed E-state index contributed by atoms with van der Waals surface area (Å²) >= 11 is 3.53. The van der Waals surface area contributed by atoms with Crippen molar-refractivity contribution in [3.05, 3.63) is 35.4 Å². The third-order valence-electron chi connectivity index (χ3n) is 3.91. The zero-order chi connectivity index (χ0) is 23.2. The Labute approximate surface area is 185 Å². The van der Waals surface area contributed by atoms with Crippen LogP contribution >= 0.6 is 12.6 Å². The lowest BCUT2D eigenvalue weighted by atomic mass is 10.1. The fraction of sp³-hybridized carbons (Fsp3) is 0.591. The van der Waals surface area contributed by atoms with Gasteiger partial charge in [-0.2, -0.15) is 12.6 Å². The molecule has 0 aliphatic carbocycles. The number of nitrogens with one attached hydrogen (secondary N) is 2. The summed E-state index contributed by atoms with van der Waals surface area (Å²) < 4.78 is 9.88. The van der Waals surface area contributed by atoms with Gasteiger partial charge in [-0.15, -0.1) is 0 Å². The van der Waals surface area contributed by atoms with Crippen LogP contribution in [0.25, 0.3) is 0 Å². The van der Waals surface area contributed by atoms with Gasteiger partial charge in [0, 0.05) is 13.0 Å². The molecule has 0 spiro atoms. The molecule has 2 N–H and O–H groups in total. The van der Waals surface area contributed by atoms with E-state index in [1.165, 1.54) is 18.2 Å². The first kappa shape index (κ1) is 27.8. The SMILES string of the molecule is COC(=O)[C@H](CCNC(=O)OC(C)(C)C)NC(=O)CCCc1ccc(C)cc1.CS. The van der Waals surface area contributed by atoms with E-state index in [0.717, 1.165) is 6.42 Å². The maximum Gasteiger partial charge on any atom is 0.407 e. The number of rotatable bonds is 9. The Balaban J connectivity index is 0.00000407. The third-order valence-corrected chi connectivity index (χ3v) is 3.91. The van der Waals surface area contributed by atoms with E-state index in [4.69, 9.17) is 9.47 Å². The summed E-state index contributed by atoms with van der Waals surface area (Å²) in [5, 5.41) is 5.25. The van der Waals surface area contributed by atoms with E-state index in [-0.39, 0.29) is 18.9 Å². The van der Waals surface area contributed by atoms with Crippen LogP contribution in [0, 0.1) is 6.92 Å². The van der Waals surface area contributed by atoms with Gasteiger partial charge in [0.2, 0.25) is 5.91 Å². The molecular formula is C22H36N2O5S. The van der Waals surface area contributed by atoms with E-state index in [1.54, 1.807) is 27.0 Å². The summed E-state index contributed by atoms with van der Waals surface area (Å²) in [4.78, 5) is 35.7. The Bertz CT molecular complexity index is 656. The van der Waals surface area contributed by atoms with E-state index >= 15 is 0 Å². The molecule has 1 aromatic carbocycles. The highest BCUT2D eigenvalue weighted by atomic mass is 32.1. The van der Waals surface area contributed by atoms with Crippen LogP contribution in [-0.2, 0) is 25.5 Å². The van der Waals surface area contributed by atoms with E-state index in [1.807, 2.05) is 31.2 Å². The van der Waals surface area contributed by atoms with Crippen LogP contribution in [-0.4, -0.2) is 49.5 Å². The molecule has 7 nitrogen and oxygen atoms in total. The highest BCUT2D eigenvalue weighted by Crippen LogP contribution is 2.08. The molecule has 8 heteroatoms. The third kappa shape index (κ3) is 13.1. The van der Waals surface area contributed by atoms with Crippen LogP contribution in [0.5, 0.6) is 0 Å². The molecule has 1 rings (SSSR count). The van der Waals surface area contributed by atoms with E-state index in [9.17, 15) is 14.4 Å². The number of carbonyl (C=O) groups is 3. The fourth-order valence-electron chi connectivity index (χ4n) is 2.50. The number of alkyl carbamates (subject to hydrolysis) is 1. The summed E-state index contributed by atoms with van der Waals surface area (Å²) in [5.74, 6) is -0.766. The first-order valence-electron chi connectivity index (χ1n) is 9.95. The largest absolute Gasteiger partial charge is 0.467 e. The number of benzene rings is 1. The molecule has 170 valence electrons. The van der Waals surface area contributed by atoms with Crippen LogP contribution in [0.15, 0.2) is 24.3 Å². The molecule has 0 fully saturated rings. The van der Waals surface area contributed by atoms with Gasteiger partial charge in [-0.05, 0) is 58.8 Å². The predicted molar refractivity (Wildman–Crippen MR) is 122 cm³/mol. The quantitative estimate of drug-likeness (QED) is 0.404. The maximum absolute atomic E-state index is 12.2. The Morgan fingerprint density at radius 1 is 1.10 bits per heavy atom. The molecular weight excluding hydrogens is 404 g/mol. The molecule has 0 aliphatic heterocycles. The number of hydrogen-bond acceptors (Lipinski definition) is 6. The fourth-order valence-corrected chi connectivity index (χ4v) is 2.50. The highest BCUT2D eigenvalue weighted by Gasteiger charge is 2.22. The zero-order valence-corrected chi connectivity index (χ0v) is 19.8. The van der Waals surface area contributed by atoms with Gasteiger partial charge in [-0.25, -0.2) is 9.59 Å². The van der Waals surface area contributed by atoms with Gasteiger partial charge in [-0.1, -0.05) is 29.8 Å². The molecule has 2 amide bonds. The summed E-state index contributed by atoms with van der Waals surface area (Å²) in [7, 11) is 1.26. The first-order valence-corrected chi connectivity index (χ1v) is 10.8. The van der Waals surface area contributed by atoms with Crippen LogP contribution in [0.1, 0.15) is 51.2 Å². The van der Waals surface area contributed by atoms with Crippen molar-refractivity contribution < 1.29 is 23.9 Å². The molecule has 0 heterocycles. The number of aryl methyl sites for hydroxylation is 2. The van der Waals surface area contributed by atoms with Gasteiger partial charge in [0.05, 0.1) is 7.11 Å². The molecule has 0 unspecified atom stereocenters. The van der Waals surface area contributed by atoms with E-state index in [0.29, 0.717) is 12.8 Å². The van der Waals surface area contributed by atoms with Crippen LogP contribution in [0.3, 0.4) is 0 Å². The number of ether oxygens (including phenoxy) is 2. The van der Waals surface area contributed by atoms with Crippen molar-refractivity contribution in [2.45, 2.75) is 65.0 Å². The zero-order valence-electron chi connectivity index (χ0n) is 18.9. The van der Waals surface area contributed by atoms with Crippen LogP contribution < -0.4 is 10.6 Å². The van der Waals surface area contributed by atoms with Gasteiger partial charge < -0.3 is 20.1 Å². The van der Waals surface area contributed by atoms with Gasteiger partial charge in [0.1, 0.15) is 11.6 Å². The number of thiol groups is 1. The standard InChI is InChI=1S/C21H32N2O5.CH4S/c1-15-9-11-16(12-10-15)7-6-8-18(24)23-17(19(25)27-5)13-14-22-20(26)28-21(2,3)4;1-2/h9-12,17H,6-8,13-14H2,1-5H3,(H,22,26)(H,23,24);2H,1H3/t17-;/m0./s1. The van der Waals surface area contributed by atoms with Gasteiger partial charge in [0.15, 0.2) is 0 Å². The molecule has 1 aromatic rings. The van der Waals surface area contributed by atoms with Crippen LogP contribution in [0.2, 0.25) is 0 Å². The number of esters is 1. The van der Waals surface area contributed by atoms with Gasteiger partial charge in [-0.3, -0.25) is 4.79 Å². The Morgan fingerprint density at radius 3 is 2.23 bits per heavy atom. The number of methoxy groups -OCH3 is 1. The van der Waals surface area contributed by atoms with E-state index in [2.05, 4.69) is 23.3 Å². The number of carbonyl (C=O) groups excluding carboxylic acids is 3. The van der Waals surface area contributed by atoms with Crippen molar-refractivity contribution in [1.82, 2.24) is 10.6 Å². The molecule has 0 radical (unpaired) electrons. The maximum atomic E-state index is 12.2. The second kappa shape index (κ2) is 14.7. The van der Waals surface area contributed by atoms with Crippen molar-refractivity contribution in [2.24, 2.45) is 0 Å². The Kier molecular flexibility index (Phi) is 13.6. The molecule has 0 bridgehead atoms. The normalized spacial score (nSPS) is 11.4. The van der Waals surface area contributed by atoms with Gasteiger partial charge in [0.25, 0.3) is 0 Å². The van der Waals surface area contributed by atoms with Crippen molar-refractivity contribution in [1.29, 1.82) is 0 Å².